The predicted octanol–water partition coefficient (Wildman–Crippen LogP) is 0.907. The number of hydrogen-bond acceptors (Lipinski definition) is 3. The predicted molar refractivity (Wildman–Crippen MR) is 59.2 cm³/mol. The van der Waals surface area contributed by atoms with E-state index in [1.54, 1.807) is 0 Å². The summed E-state index contributed by atoms with van der Waals surface area (Å²) in [6.07, 6.45) is 2.60. The van der Waals surface area contributed by atoms with Crippen LogP contribution < -0.4 is 5.32 Å². The van der Waals surface area contributed by atoms with Crippen LogP contribution in [0.1, 0.15) is 19.8 Å². The van der Waals surface area contributed by atoms with Crippen LogP contribution in [-0.2, 0) is 4.79 Å². The average Bonchev–Trinajstić information content (AvgIpc) is 2.79. The standard InChI is InChI=1S/C10H18N2OS/c1-2-9-11-5-10(13)12(9)6-8-3-4-14-7-8/h8-9,11H,2-7H2,1H3. The molecule has 2 heterocycles. The van der Waals surface area contributed by atoms with Gasteiger partial charge in [-0.1, -0.05) is 6.92 Å². The van der Waals surface area contributed by atoms with E-state index in [9.17, 15) is 4.79 Å². The van der Waals surface area contributed by atoms with Gasteiger partial charge >= 0.3 is 0 Å². The molecule has 0 aromatic rings. The lowest BCUT2D eigenvalue weighted by Gasteiger charge is -2.25. The summed E-state index contributed by atoms with van der Waals surface area (Å²) in [6, 6.07) is 0. The molecule has 2 atom stereocenters. The number of rotatable bonds is 3. The van der Waals surface area contributed by atoms with Gasteiger partial charge in [-0.2, -0.15) is 11.8 Å². The smallest absolute Gasteiger partial charge is 0.237 e. The van der Waals surface area contributed by atoms with Gasteiger partial charge in [0.1, 0.15) is 0 Å². The molecular formula is C10H18N2OS. The normalized spacial score (nSPS) is 32.9. The van der Waals surface area contributed by atoms with Crippen molar-refractivity contribution in [2.45, 2.75) is 25.9 Å². The highest BCUT2D eigenvalue weighted by Gasteiger charge is 2.31. The summed E-state index contributed by atoms with van der Waals surface area (Å²) in [4.78, 5) is 13.6. The number of nitrogens with zero attached hydrogens (tertiary/aromatic N) is 1. The molecule has 0 aromatic heterocycles. The number of amides is 1. The second kappa shape index (κ2) is 4.53. The van der Waals surface area contributed by atoms with E-state index in [0.717, 1.165) is 18.9 Å². The van der Waals surface area contributed by atoms with E-state index >= 15 is 0 Å². The van der Waals surface area contributed by atoms with Crippen molar-refractivity contribution < 1.29 is 4.79 Å². The van der Waals surface area contributed by atoms with Crippen LogP contribution in [0.4, 0.5) is 0 Å². The van der Waals surface area contributed by atoms with Gasteiger partial charge in [-0.05, 0) is 30.3 Å². The van der Waals surface area contributed by atoms with Crippen LogP contribution in [0.3, 0.4) is 0 Å². The van der Waals surface area contributed by atoms with Crippen molar-refractivity contribution in [3.63, 3.8) is 0 Å². The Morgan fingerprint density at radius 2 is 2.50 bits per heavy atom. The minimum Gasteiger partial charge on any atom is -0.326 e. The highest BCUT2D eigenvalue weighted by Crippen LogP contribution is 2.25. The molecule has 2 aliphatic rings. The molecule has 2 saturated heterocycles. The van der Waals surface area contributed by atoms with Crippen LogP contribution in [0, 0.1) is 5.92 Å². The van der Waals surface area contributed by atoms with E-state index in [0.29, 0.717) is 12.7 Å². The Balaban J connectivity index is 1.90. The van der Waals surface area contributed by atoms with E-state index in [-0.39, 0.29) is 5.91 Å². The summed E-state index contributed by atoms with van der Waals surface area (Å²) in [5.74, 6) is 3.53. The highest BCUT2D eigenvalue weighted by molar-refractivity contribution is 7.99. The third kappa shape index (κ3) is 2.06. The Morgan fingerprint density at radius 1 is 1.64 bits per heavy atom. The average molecular weight is 214 g/mol. The van der Waals surface area contributed by atoms with E-state index < -0.39 is 0 Å². The number of thioether (sulfide) groups is 1. The summed E-state index contributed by atoms with van der Waals surface area (Å²) in [5, 5.41) is 3.25. The third-order valence-electron chi connectivity index (χ3n) is 3.05. The van der Waals surface area contributed by atoms with E-state index in [1.165, 1.54) is 17.9 Å². The molecular weight excluding hydrogens is 196 g/mol. The fourth-order valence-electron chi connectivity index (χ4n) is 2.19. The molecule has 2 unspecified atom stereocenters. The number of carbonyl (C=O) groups excluding carboxylic acids is 1. The van der Waals surface area contributed by atoms with Crippen LogP contribution in [0.5, 0.6) is 0 Å². The van der Waals surface area contributed by atoms with Gasteiger partial charge in [0, 0.05) is 6.54 Å². The zero-order valence-corrected chi connectivity index (χ0v) is 9.48. The van der Waals surface area contributed by atoms with Crippen LogP contribution in [-0.4, -0.2) is 41.6 Å². The summed E-state index contributed by atoms with van der Waals surface area (Å²) in [7, 11) is 0. The molecule has 1 N–H and O–H groups in total. The van der Waals surface area contributed by atoms with Gasteiger partial charge in [-0.25, -0.2) is 0 Å². The fourth-order valence-corrected chi connectivity index (χ4v) is 3.46. The molecule has 2 fully saturated rings. The second-order valence-electron chi connectivity index (χ2n) is 4.08. The molecule has 14 heavy (non-hydrogen) atoms. The Hall–Kier alpha value is -0.220. The minimum atomic E-state index is 0.286. The van der Waals surface area contributed by atoms with Crippen LogP contribution in [0.15, 0.2) is 0 Å². The van der Waals surface area contributed by atoms with Crippen molar-refractivity contribution >= 4 is 17.7 Å². The number of hydrogen-bond donors (Lipinski definition) is 1. The van der Waals surface area contributed by atoms with Crippen LogP contribution in [0.2, 0.25) is 0 Å². The Morgan fingerprint density at radius 3 is 3.14 bits per heavy atom. The number of carbonyl (C=O) groups is 1. The van der Waals surface area contributed by atoms with E-state index in [4.69, 9.17) is 0 Å². The summed E-state index contributed by atoms with van der Waals surface area (Å²) in [6.45, 7) is 3.64. The lowest BCUT2D eigenvalue weighted by atomic mass is 10.1. The van der Waals surface area contributed by atoms with Crippen LogP contribution >= 0.6 is 11.8 Å². The van der Waals surface area contributed by atoms with Crippen LogP contribution in [0.25, 0.3) is 0 Å². The Labute approximate surface area is 89.6 Å². The molecule has 2 rings (SSSR count). The lowest BCUT2D eigenvalue weighted by Crippen LogP contribution is -2.40. The van der Waals surface area contributed by atoms with Crippen molar-refractivity contribution in [2.75, 3.05) is 24.6 Å². The molecule has 2 aliphatic heterocycles. The van der Waals surface area contributed by atoms with Crippen molar-refractivity contribution in [1.82, 2.24) is 10.2 Å². The van der Waals surface area contributed by atoms with E-state index in [1.807, 2.05) is 16.7 Å². The first kappa shape index (κ1) is 10.3. The molecule has 0 bridgehead atoms. The van der Waals surface area contributed by atoms with Gasteiger partial charge in [-0.3, -0.25) is 10.1 Å². The molecule has 0 saturated carbocycles. The fraction of sp³-hybridized carbons (Fsp3) is 0.900. The second-order valence-corrected chi connectivity index (χ2v) is 5.23. The van der Waals surface area contributed by atoms with Crippen molar-refractivity contribution in [1.29, 1.82) is 0 Å². The topological polar surface area (TPSA) is 32.3 Å². The van der Waals surface area contributed by atoms with Gasteiger partial charge in [0.25, 0.3) is 0 Å². The molecule has 0 radical (unpaired) electrons. The molecule has 0 aromatic carbocycles. The zero-order valence-electron chi connectivity index (χ0n) is 8.66. The molecule has 3 nitrogen and oxygen atoms in total. The van der Waals surface area contributed by atoms with Crippen molar-refractivity contribution in [2.24, 2.45) is 5.92 Å². The van der Waals surface area contributed by atoms with Gasteiger partial charge < -0.3 is 4.90 Å². The minimum absolute atomic E-state index is 0.286. The first-order valence-corrected chi connectivity index (χ1v) is 6.57. The first-order valence-electron chi connectivity index (χ1n) is 5.42. The molecule has 80 valence electrons. The van der Waals surface area contributed by atoms with E-state index in [2.05, 4.69) is 12.2 Å². The summed E-state index contributed by atoms with van der Waals surface area (Å²) in [5.41, 5.74) is 0. The maximum Gasteiger partial charge on any atom is 0.237 e. The van der Waals surface area contributed by atoms with Crippen molar-refractivity contribution in [3.05, 3.63) is 0 Å². The highest BCUT2D eigenvalue weighted by atomic mass is 32.2. The molecule has 4 heteroatoms. The summed E-state index contributed by atoms with van der Waals surface area (Å²) >= 11 is 2.02. The van der Waals surface area contributed by atoms with Gasteiger partial charge in [0.05, 0.1) is 12.7 Å². The molecule has 0 spiro atoms. The summed E-state index contributed by atoms with van der Waals surface area (Å²) < 4.78 is 0. The maximum absolute atomic E-state index is 11.6. The molecule has 1 amide bonds. The lowest BCUT2D eigenvalue weighted by molar-refractivity contribution is -0.128. The number of nitrogens with one attached hydrogen (secondary N) is 1. The molecule has 0 aliphatic carbocycles. The quantitative estimate of drug-likeness (QED) is 0.758. The zero-order chi connectivity index (χ0) is 9.97. The Kier molecular flexibility index (Phi) is 3.34. The van der Waals surface area contributed by atoms with Crippen molar-refractivity contribution in [3.8, 4) is 0 Å². The van der Waals surface area contributed by atoms with Gasteiger partial charge in [0.15, 0.2) is 0 Å². The Bertz CT molecular complexity index is 216. The maximum atomic E-state index is 11.6. The monoisotopic (exact) mass is 214 g/mol. The SMILES string of the molecule is CCC1NCC(=O)N1CC1CCSC1. The van der Waals surface area contributed by atoms with Gasteiger partial charge in [-0.15, -0.1) is 0 Å². The van der Waals surface area contributed by atoms with Gasteiger partial charge in [0.2, 0.25) is 5.91 Å². The third-order valence-corrected chi connectivity index (χ3v) is 4.28. The largest absolute Gasteiger partial charge is 0.326 e. The first-order chi connectivity index (χ1) is 6.81.